The third-order valence-electron chi connectivity index (χ3n) is 2.44. The maximum atomic E-state index is 11.2. The lowest BCUT2D eigenvalue weighted by Gasteiger charge is -2.10. The molecule has 0 aromatic carbocycles. The van der Waals surface area contributed by atoms with Crippen molar-refractivity contribution in [2.24, 2.45) is 5.73 Å². The van der Waals surface area contributed by atoms with Crippen molar-refractivity contribution in [1.29, 1.82) is 0 Å². The summed E-state index contributed by atoms with van der Waals surface area (Å²) in [6.07, 6.45) is 4.69. The van der Waals surface area contributed by atoms with E-state index < -0.39 is 0 Å². The molecule has 0 amide bonds. The van der Waals surface area contributed by atoms with Crippen LogP contribution in [-0.4, -0.2) is 24.4 Å². The minimum absolute atomic E-state index is 0.0106. The maximum Gasteiger partial charge on any atom is 0.306 e. The summed E-state index contributed by atoms with van der Waals surface area (Å²) >= 11 is 0. The quantitative estimate of drug-likeness (QED) is 0.664. The maximum absolute atomic E-state index is 11.2. The smallest absolute Gasteiger partial charge is 0.306 e. The van der Waals surface area contributed by atoms with E-state index in [1.807, 2.05) is 0 Å². The van der Waals surface area contributed by atoms with Crippen LogP contribution in [0.2, 0.25) is 0 Å². The van der Waals surface area contributed by atoms with Crippen molar-refractivity contribution < 1.29 is 14.3 Å². The van der Waals surface area contributed by atoms with E-state index >= 15 is 0 Å². The van der Waals surface area contributed by atoms with Gasteiger partial charge < -0.3 is 10.5 Å². The Kier molecular flexibility index (Phi) is 4.59. The molecule has 4 nitrogen and oxygen atoms in total. The van der Waals surface area contributed by atoms with Crippen LogP contribution in [0.4, 0.5) is 0 Å². The Morgan fingerprint density at radius 1 is 1.21 bits per heavy atom. The van der Waals surface area contributed by atoms with Gasteiger partial charge in [0, 0.05) is 6.42 Å². The van der Waals surface area contributed by atoms with Crippen LogP contribution in [0.3, 0.4) is 0 Å². The van der Waals surface area contributed by atoms with Gasteiger partial charge in [-0.15, -0.1) is 0 Å². The van der Waals surface area contributed by atoms with Crippen LogP contribution in [0.25, 0.3) is 0 Å². The van der Waals surface area contributed by atoms with Gasteiger partial charge in [0.15, 0.2) is 0 Å². The van der Waals surface area contributed by atoms with Crippen LogP contribution in [-0.2, 0) is 14.3 Å². The van der Waals surface area contributed by atoms with Gasteiger partial charge in [-0.2, -0.15) is 0 Å². The zero-order valence-electron chi connectivity index (χ0n) is 8.33. The van der Waals surface area contributed by atoms with E-state index in [0.717, 1.165) is 25.7 Å². The molecule has 80 valence electrons. The highest BCUT2D eigenvalue weighted by Crippen LogP contribution is 2.21. The third kappa shape index (κ3) is 3.87. The van der Waals surface area contributed by atoms with Crippen molar-refractivity contribution in [2.75, 3.05) is 6.54 Å². The van der Waals surface area contributed by atoms with Gasteiger partial charge in [0.1, 0.15) is 11.9 Å². The van der Waals surface area contributed by atoms with Gasteiger partial charge in [0.2, 0.25) is 0 Å². The Morgan fingerprint density at radius 3 is 2.43 bits per heavy atom. The van der Waals surface area contributed by atoms with E-state index in [4.69, 9.17) is 10.5 Å². The Morgan fingerprint density at radius 2 is 1.86 bits per heavy atom. The fraction of sp³-hybridized carbons (Fsp3) is 0.800. The Balaban J connectivity index is 2.12. The van der Waals surface area contributed by atoms with E-state index in [-0.39, 0.29) is 37.2 Å². The Labute approximate surface area is 83.8 Å². The number of nitrogens with two attached hydrogens (primary N) is 1. The average molecular weight is 199 g/mol. The highest BCUT2D eigenvalue weighted by Gasteiger charge is 2.19. The standard InChI is InChI=1S/C10H17NO3/c11-7-8(12)5-6-10(13)14-9-3-1-2-4-9/h9H,1-7,11H2. The van der Waals surface area contributed by atoms with Crippen LogP contribution >= 0.6 is 0 Å². The molecular formula is C10H17NO3. The number of ketones is 1. The zero-order chi connectivity index (χ0) is 10.4. The summed E-state index contributed by atoms with van der Waals surface area (Å²) < 4.78 is 5.17. The number of esters is 1. The van der Waals surface area contributed by atoms with Crippen LogP contribution in [0.15, 0.2) is 0 Å². The Hall–Kier alpha value is -0.900. The minimum Gasteiger partial charge on any atom is -0.462 e. The molecule has 0 heterocycles. The molecule has 4 heteroatoms. The normalized spacial score (nSPS) is 16.9. The predicted molar refractivity (Wildman–Crippen MR) is 51.6 cm³/mol. The SMILES string of the molecule is NCC(=O)CCC(=O)OC1CCCC1. The molecule has 1 aliphatic carbocycles. The van der Waals surface area contributed by atoms with E-state index in [2.05, 4.69) is 0 Å². The largest absolute Gasteiger partial charge is 0.462 e. The average Bonchev–Trinajstić information content (AvgIpc) is 2.66. The van der Waals surface area contributed by atoms with Crippen LogP contribution in [0.5, 0.6) is 0 Å². The molecular weight excluding hydrogens is 182 g/mol. The minimum atomic E-state index is -0.265. The second-order valence-electron chi connectivity index (χ2n) is 3.64. The highest BCUT2D eigenvalue weighted by atomic mass is 16.5. The first-order valence-electron chi connectivity index (χ1n) is 5.13. The number of hydrogen-bond donors (Lipinski definition) is 1. The monoisotopic (exact) mass is 199 g/mol. The van der Waals surface area contributed by atoms with Gasteiger partial charge in [-0.1, -0.05) is 0 Å². The van der Waals surface area contributed by atoms with Gasteiger partial charge in [-0.25, -0.2) is 0 Å². The number of ether oxygens (including phenoxy) is 1. The van der Waals surface area contributed by atoms with Crippen molar-refractivity contribution in [1.82, 2.24) is 0 Å². The van der Waals surface area contributed by atoms with Gasteiger partial charge in [0.05, 0.1) is 13.0 Å². The summed E-state index contributed by atoms with van der Waals surface area (Å²) in [5.41, 5.74) is 5.12. The zero-order valence-corrected chi connectivity index (χ0v) is 8.33. The molecule has 0 aromatic heterocycles. The predicted octanol–water partition coefficient (Wildman–Crippen LogP) is 0.780. The van der Waals surface area contributed by atoms with Crippen molar-refractivity contribution in [3.63, 3.8) is 0 Å². The topological polar surface area (TPSA) is 69.4 Å². The lowest BCUT2D eigenvalue weighted by molar-refractivity contribution is -0.149. The van der Waals surface area contributed by atoms with Gasteiger partial charge >= 0.3 is 5.97 Å². The summed E-state index contributed by atoms with van der Waals surface area (Å²) in [5.74, 6) is -0.355. The molecule has 0 aliphatic heterocycles. The summed E-state index contributed by atoms with van der Waals surface area (Å²) in [5, 5.41) is 0. The first kappa shape index (κ1) is 11.2. The molecule has 0 spiro atoms. The van der Waals surface area contributed by atoms with Crippen molar-refractivity contribution in [3.8, 4) is 0 Å². The number of Topliss-reactive ketones (excluding diaryl/α,β-unsaturated/α-hetero) is 1. The number of carbonyl (C=O) groups is 2. The molecule has 0 aromatic rings. The van der Waals surface area contributed by atoms with Gasteiger partial charge in [0.25, 0.3) is 0 Å². The summed E-state index contributed by atoms with van der Waals surface area (Å²) in [7, 11) is 0. The lowest BCUT2D eigenvalue weighted by atomic mass is 10.2. The molecule has 1 saturated carbocycles. The van der Waals surface area contributed by atoms with Crippen LogP contribution in [0, 0.1) is 0 Å². The van der Waals surface area contributed by atoms with E-state index in [1.165, 1.54) is 0 Å². The molecule has 0 atom stereocenters. The van der Waals surface area contributed by atoms with Gasteiger partial charge in [-0.3, -0.25) is 9.59 Å². The summed E-state index contributed by atoms with van der Waals surface area (Å²) in [6.45, 7) is 0.0106. The van der Waals surface area contributed by atoms with Crippen molar-refractivity contribution in [2.45, 2.75) is 44.6 Å². The van der Waals surface area contributed by atoms with Crippen molar-refractivity contribution >= 4 is 11.8 Å². The first-order valence-corrected chi connectivity index (χ1v) is 5.13. The van der Waals surface area contributed by atoms with Crippen molar-refractivity contribution in [3.05, 3.63) is 0 Å². The molecule has 14 heavy (non-hydrogen) atoms. The fourth-order valence-electron chi connectivity index (χ4n) is 1.59. The highest BCUT2D eigenvalue weighted by molar-refractivity contribution is 5.84. The molecule has 0 bridgehead atoms. The summed E-state index contributed by atoms with van der Waals surface area (Å²) in [6, 6.07) is 0. The second kappa shape index (κ2) is 5.75. The van der Waals surface area contributed by atoms with Crippen LogP contribution < -0.4 is 5.73 Å². The first-order chi connectivity index (χ1) is 6.72. The molecule has 0 radical (unpaired) electrons. The van der Waals surface area contributed by atoms with Gasteiger partial charge in [-0.05, 0) is 25.7 Å². The van der Waals surface area contributed by atoms with Crippen LogP contribution in [0.1, 0.15) is 38.5 Å². The molecule has 1 aliphatic rings. The third-order valence-corrected chi connectivity index (χ3v) is 2.44. The van der Waals surface area contributed by atoms with E-state index in [9.17, 15) is 9.59 Å². The Bertz CT molecular complexity index is 209. The summed E-state index contributed by atoms with van der Waals surface area (Å²) in [4.78, 5) is 22.0. The number of rotatable bonds is 5. The van der Waals surface area contributed by atoms with E-state index in [1.54, 1.807) is 0 Å². The molecule has 1 rings (SSSR count). The molecule has 2 N–H and O–H groups in total. The lowest BCUT2D eigenvalue weighted by Crippen LogP contribution is -2.18. The number of carbonyl (C=O) groups excluding carboxylic acids is 2. The second-order valence-corrected chi connectivity index (χ2v) is 3.64. The number of hydrogen-bond acceptors (Lipinski definition) is 4. The molecule has 1 fully saturated rings. The molecule has 0 unspecified atom stereocenters. The van der Waals surface area contributed by atoms with E-state index in [0.29, 0.717) is 0 Å². The molecule has 0 saturated heterocycles. The fourth-order valence-corrected chi connectivity index (χ4v) is 1.59.